The lowest BCUT2D eigenvalue weighted by Gasteiger charge is -2.13. The molecule has 0 atom stereocenters. The third-order valence-corrected chi connectivity index (χ3v) is 6.34. The van der Waals surface area contributed by atoms with Gasteiger partial charge in [0.05, 0.1) is 16.8 Å². The van der Waals surface area contributed by atoms with Crippen molar-refractivity contribution in [2.24, 2.45) is 0 Å². The summed E-state index contributed by atoms with van der Waals surface area (Å²) in [6, 6.07) is 19.7. The maximum Gasteiger partial charge on any atom is 0.339 e. The highest BCUT2D eigenvalue weighted by atomic mass is 35.5. The van der Waals surface area contributed by atoms with Gasteiger partial charge in [-0.05, 0) is 65.9 Å². The standard InChI is InChI=1S/C27H19Cl2NO3/c28-19-9-7-18(23(29)14-19)15-33-27(32)25-21-3-1-2-4-24(21)30-26-17(8-12-22(25)26)13-16-5-10-20(31)11-6-16/h1-7,9-11,13-14,31H,8,12,15H2. The Hall–Kier alpha value is -3.34. The van der Waals surface area contributed by atoms with E-state index in [9.17, 15) is 9.90 Å². The van der Waals surface area contributed by atoms with Crippen molar-refractivity contribution < 1.29 is 14.6 Å². The highest BCUT2D eigenvalue weighted by Crippen LogP contribution is 2.38. The quantitative estimate of drug-likeness (QED) is 0.320. The van der Waals surface area contributed by atoms with Crippen LogP contribution in [-0.2, 0) is 17.8 Å². The van der Waals surface area contributed by atoms with Crippen LogP contribution in [0.3, 0.4) is 0 Å². The zero-order chi connectivity index (χ0) is 22.9. The maximum absolute atomic E-state index is 13.3. The second kappa shape index (κ2) is 8.89. The van der Waals surface area contributed by atoms with Crippen LogP contribution in [0.1, 0.15) is 39.2 Å². The molecule has 1 aromatic heterocycles. The second-order valence-corrected chi connectivity index (χ2v) is 8.75. The van der Waals surface area contributed by atoms with Gasteiger partial charge in [0, 0.05) is 21.0 Å². The molecule has 0 amide bonds. The minimum absolute atomic E-state index is 0.0520. The lowest BCUT2D eigenvalue weighted by Crippen LogP contribution is -2.10. The first-order valence-corrected chi connectivity index (χ1v) is 11.3. The van der Waals surface area contributed by atoms with Crippen molar-refractivity contribution in [3.05, 3.63) is 105 Å². The van der Waals surface area contributed by atoms with Crippen LogP contribution in [-0.4, -0.2) is 16.1 Å². The Morgan fingerprint density at radius 3 is 2.61 bits per heavy atom. The molecular weight excluding hydrogens is 457 g/mol. The number of esters is 1. The van der Waals surface area contributed by atoms with Crippen molar-refractivity contribution >= 4 is 51.7 Å². The molecule has 1 heterocycles. The summed E-state index contributed by atoms with van der Waals surface area (Å²) in [5, 5.41) is 11.3. The predicted octanol–water partition coefficient (Wildman–Crippen LogP) is 7.09. The number of phenolic OH excluding ortho intramolecular Hbond substituents is 1. The number of benzene rings is 3. The number of aromatic hydroxyl groups is 1. The molecule has 4 aromatic rings. The minimum atomic E-state index is -0.401. The summed E-state index contributed by atoms with van der Waals surface area (Å²) in [4.78, 5) is 18.2. The lowest BCUT2D eigenvalue weighted by molar-refractivity contribution is 0.0474. The molecule has 6 heteroatoms. The van der Waals surface area contributed by atoms with E-state index in [1.54, 1.807) is 30.3 Å². The minimum Gasteiger partial charge on any atom is -0.508 e. The Balaban J connectivity index is 1.53. The zero-order valence-corrected chi connectivity index (χ0v) is 19.0. The zero-order valence-electron chi connectivity index (χ0n) is 17.5. The number of para-hydroxylation sites is 1. The van der Waals surface area contributed by atoms with Crippen molar-refractivity contribution in [2.75, 3.05) is 0 Å². The SMILES string of the molecule is O=C(OCc1ccc(Cl)cc1Cl)c1c2c(nc3ccccc13)C(=Cc1ccc(O)cc1)CC2. The molecule has 0 fully saturated rings. The van der Waals surface area contributed by atoms with E-state index < -0.39 is 5.97 Å². The first-order chi connectivity index (χ1) is 16.0. The number of halogens is 2. The monoisotopic (exact) mass is 475 g/mol. The van der Waals surface area contributed by atoms with Crippen LogP contribution < -0.4 is 0 Å². The van der Waals surface area contributed by atoms with E-state index >= 15 is 0 Å². The number of rotatable bonds is 4. The fourth-order valence-electron chi connectivity index (χ4n) is 4.14. The van der Waals surface area contributed by atoms with E-state index in [0.717, 1.165) is 39.7 Å². The van der Waals surface area contributed by atoms with Gasteiger partial charge >= 0.3 is 5.97 Å². The second-order valence-electron chi connectivity index (χ2n) is 7.90. The highest BCUT2D eigenvalue weighted by molar-refractivity contribution is 6.35. The molecule has 0 saturated carbocycles. The van der Waals surface area contributed by atoms with E-state index in [1.807, 2.05) is 36.4 Å². The van der Waals surface area contributed by atoms with Crippen LogP contribution in [0.2, 0.25) is 10.0 Å². The van der Waals surface area contributed by atoms with Crippen LogP contribution in [0.4, 0.5) is 0 Å². The van der Waals surface area contributed by atoms with Gasteiger partial charge in [-0.25, -0.2) is 9.78 Å². The van der Waals surface area contributed by atoms with Crippen LogP contribution in [0.15, 0.2) is 66.7 Å². The molecule has 4 nitrogen and oxygen atoms in total. The third-order valence-electron chi connectivity index (χ3n) is 5.75. The predicted molar refractivity (Wildman–Crippen MR) is 132 cm³/mol. The number of ether oxygens (including phenoxy) is 1. The number of carbonyl (C=O) groups excluding carboxylic acids is 1. The summed E-state index contributed by atoms with van der Waals surface area (Å²) in [6.45, 7) is 0.0520. The molecule has 0 unspecified atom stereocenters. The number of hydrogen-bond donors (Lipinski definition) is 1. The number of carbonyl (C=O) groups is 1. The summed E-state index contributed by atoms with van der Waals surface area (Å²) in [5.74, 6) is -0.180. The molecule has 0 bridgehead atoms. The van der Waals surface area contributed by atoms with E-state index in [0.29, 0.717) is 27.6 Å². The van der Waals surface area contributed by atoms with Crippen molar-refractivity contribution in [1.82, 2.24) is 4.98 Å². The van der Waals surface area contributed by atoms with Crippen molar-refractivity contribution in [2.45, 2.75) is 19.4 Å². The Morgan fingerprint density at radius 1 is 1.03 bits per heavy atom. The number of aromatic nitrogens is 1. The van der Waals surface area contributed by atoms with Gasteiger partial charge in [0.15, 0.2) is 0 Å². The molecule has 0 radical (unpaired) electrons. The largest absolute Gasteiger partial charge is 0.508 e. The Morgan fingerprint density at radius 2 is 1.82 bits per heavy atom. The fourth-order valence-corrected chi connectivity index (χ4v) is 4.60. The van der Waals surface area contributed by atoms with Crippen molar-refractivity contribution in [1.29, 1.82) is 0 Å². The Kier molecular flexibility index (Phi) is 5.79. The number of fused-ring (bicyclic) bond motifs is 2. The maximum atomic E-state index is 13.3. The summed E-state index contributed by atoms with van der Waals surface area (Å²) < 4.78 is 5.69. The van der Waals surface area contributed by atoms with E-state index in [4.69, 9.17) is 32.9 Å². The molecule has 164 valence electrons. The summed E-state index contributed by atoms with van der Waals surface area (Å²) in [6.07, 6.45) is 3.52. The lowest BCUT2D eigenvalue weighted by atomic mass is 10.0. The fraction of sp³-hybridized carbons (Fsp3) is 0.111. The normalized spacial score (nSPS) is 13.9. The van der Waals surface area contributed by atoms with Crippen LogP contribution in [0, 0.1) is 0 Å². The first kappa shape index (κ1) is 21.5. The third kappa shape index (κ3) is 4.32. The van der Waals surface area contributed by atoms with Gasteiger partial charge in [0.1, 0.15) is 12.4 Å². The average molecular weight is 476 g/mol. The van der Waals surface area contributed by atoms with Gasteiger partial charge in [0.2, 0.25) is 0 Å². The van der Waals surface area contributed by atoms with Gasteiger partial charge in [-0.1, -0.05) is 59.6 Å². The number of phenols is 1. The summed E-state index contributed by atoms with van der Waals surface area (Å²) in [7, 11) is 0. The molecular formula is C27H19Cl2NO3. The Labute approximate surface area is 201 Å². The molecule has 1 aliphatic rings. The van der Waals surface area contributed by atoms with E-state index in [-0.39, 0.29) is 12.4 Å². The number of nitrogens with zero attached hydrogens (tertiary/aromatic N) is 1. The molecule has 0 saturated heterocycles. The molecule has 1 aliphatic carbocycles. The molecule has 33 heavy (non-hydrogen) atoms. The van der Waals surface area contributed by atoms with Crippen LogP contribution in [0.5, 0.6) is 5.75 Å². The van der Waals surface area contributed by atoms with Gasteiger partial charge in [0.25, 0.3) is 0 Å². The molecule has 3 aromatic carbocycles. The molecule has 0 spiro atoms. The molecule has 0 aliphatic heterocycles. The van der Waals surface area contributed by atoms with Crippen LogP contribution in [0.25, 0.3) is 22.6 Å². The first-order valence-electron chi connectivity index (χ1n) is 10.5. The van der Waals surface area contributed by atoms with E-state index in [2.05, 4.69) is 6.08 Å². The Bertz CT molecular complexity index is 1410. The van der Waals surface area contributed by atoms with Gasteiger partial charge in [-0.2, -0.15) is 0 Å². The van der Waals surface area contributed by atoms with Gasteiger partial charge < -0.3 is 9.84 Å². The number of pyridine rings is 1. The van der Waals surface area contributed by atoms with Gasteiger partial charge in [-0.15, -0.1) is 0 Å². The summed E-state index contributed by atoms with van der Waals surface area (Å²) >= 11 is 12.2. The number of hydrogen-bond acceptors (Lipinski definition) is 4. The summed E-state index contributed by atoms with van der Waals surface area (Å²) in [5.41, 5.74) is 5.71. The molecule has 1 N–H and O–H groups in total. The molecule has 5 rings (SSSR count). The van der Waals surface area contributed by atoms with Crippen LogP contribution >= 0.6 is 23.2 Å². The van der Waals surface area contributed by atoms with E-state index in [1.165, 1.54) is 0 Å². The average Bonchev–Trinajstić information content (AvgIpc) is 3.20. The van der Waals surface area contributed by atoms with Crippen molar-refractivity contribution in [3.63, 3.8) is 0 Å². The highest BCUT2D eigenvalue weighted by Gasteiger charge is 2.27. The van der Waals surface area contributed by atoms with Gasteiger partial charge in [-0.3, -0.25) is 0 Å². The smallest absolute Gasteiger partial charge is 0.339 e. The topological polar surface area (TPSA) is 59.4 Å². The number of allylic oxidation sites excluding steroid dienone is 1. The van der Waals surface area contributed by atoms with Crippen molar-refractivity contribution in [3.8, 4) is 5.75 Å².